The summed E-state index contributed by atoms with van der Waals surface area (Å²) in [6.45, 7) is 0. The predicted molar refractivity (Wildman–Crippen MR) is 360 cm³/mol. The number of para-hydroxylation sites is 2. The fourth-order valence-electron chi connectivity index (χ4n) is 11.6. The van der Waals surface area contributed by atoms with Gasteiger partial charge in [-0.2, -0.15) is 0 Å². The number of nitrogens with zero attached hydrogens (tertiary/aromatic N) is 2. The van der Waals surface area contributed by atoms with Gasteiger partial charge in [0.1, 0.15) is 0 Å². The smallest absolute Gasteiger partial charge is 0.0462 e. The van der Waals surface area contributed by atoms with Crippen LogP contribution in [0.2, 0.25) is 0 Å². The van der Waals surface area contributed by atoms with E-state index in [9.17, 15) is 0 Å². The fraction of sp³-hybridized carbons (Fsp3) is 0. The Morgan fingerprint density at radius 1 is 0.143 bits per heavy atom. The Bertz CT molecular complexity index is 4140. The van der Waals surface area contributed by atoms with E-state index in [1.54, 1.807) is 0 Å². The van der Waals surface area contributed by atoms with Gasteiger partial charge in [-0.15, -0.1) is 22.7 Å². The van der Waals surface area contributed by atoms with Crippen molar-refractivity contribution < 1.29 is 0 Å². The number of thiophene rings is 2. The summed E-state index contributed by atoms with van der Waals surface area (Å²) < 4.78 is 0. The van der Waals surface area contributed by atoms with Crippen LogP contribution in [0.4, 0.5) is 34.1 Å². The molecule has 398 valence electrons. The maximum atomic E-state index is 2.35. The monoisotopic (exact) mass is 1110 g/mol. The van der Waals surface area contributed by atoms with E-state index >= 15 is 0 Å². The van der Waals surface area contributed by atoms with Crippen LogP contribution in [0.1, 0.15) is 0 Å². The fourth-order valence-corrected chi connectivity index (χ4v) is 14.3. The highest BCUT2D eigenvalue weighted by molar-refractivity contribution is 7.20. The molecule has 14 aromatic rings. The zero-order chi connectivity index (χ0) is 56.0. The van der Waals surface area contributed by atoms with Gasteiger partial charge in [0.15, 0.2) is 0 Å². The molecular formula is C80H56N2S2. The SMILES string of the molecule is c1ccc(-c2sc(-c3ccc(N(c4ccccc4)c4ccc(-c5ccc(N(c6ccccc6)c6ccc(-c7sc(-c8ccccc8)c(-c8ccccc8)c7-c7ccccc7)cc6)cc5)cc4)cc3)c(-c3ccccc3)c2-c2ccccc2)cc1. The second kappa shape index (κ2) is 23.6. The Labute approximate surface area is 500 Å². The Morgan fingerprint density at radius 2 is 0.310 bits per heavy atom. The van der Waals surface area contributed by atoms with Crippen molar-refractivity contribution in [3.05, 3.63) is 340 Å². The summed E-state index contributed by atoms with van der Waals surface area (Å²) in [4.78, 5) is 9.73. The summed E-state index contributed by atoms with van der Waals surface area (Å²) in [5, 5.41) is 0. The second-order valence-electron chi connectivity index (χ2n) is 20.7. The molecule has 2 heterocycles. The van der Waals surface area contributed by atoms with E-state index in [-0.39, 0.29) is 0 Å². The van der Waals surface area contributed by atoms with Gasteiger partial charge in [0, 0.05) is 75.9 Å². The van der Waals surface area contributed by atoms with E-state index in [2.05, 4.69) is 350 Å². The molecule has 0 N–H and O–H groups in total. The molecule has 2 aromatic heterocycles. The molecular weight excluding hydrogens is 1050 g/mol. The minimum Gasteiger partial charge on any atom is -0.311 e. The van der Waals surface area contributed by atoms with Gasteiger partial charge >= 0.3 is 0 Å². The van der Waals surface area contributed by atoms with Crippen molar-refractivity contribution in [1.82, 2.24) is 0 Å². The Morgan fingerprint density at radius 3 is 0.536 bits per heavy atom. The van der Waals surface area contributed by atoms with Crippen LogP contribution in [-0.2, 0) is 0 Å². The predicted octanol–water partition coefficient (Wildman–Crippen LogP) is 23.8. The number of hydrogen-bond donors (Lipinski definition) is 0. The Hall–Kier alpha value is -10.4. The first kappa shape index (κ1) is 51.8. The topological polar surface area (TPSA) is 6.48 Å². The third-order valence-electron chi connectivity index (χ3n) is 15.5. The molecule has 14 rings (SSSR count). The molecule has 12 aromatic carbocycles. The average Bonchev–Trinajstić information content (AvgIpc) is 2.51. The van der Waals surface area contributed by atoms with Gasteiger partial charge in [-0.25, -0.2) is 0 Å². The molecule has 0 amide bonds. The summed E-state index contributed by atoms with van der Waals surface area (Å²) in [6.07, 6.45) is 0. The molecule has 4 heteroatoms. The lowest BCUT2D eigenvalue weighted by atomic mass is 9.91. The van der Waals surface area contributed by atoms with Crippen LogP contribution >= 0.6 is 22.7 Å². The van der Waals surface area contributed by atoms with Crippen LogP contribution in [0.5, 0.6) is 0 Å². The maximum absolute atomic E-state index is 2.35. The highest BCUT2D eigenvalue weighted by atomic mass is 32.1. The van der Waals surface area contributed by atoms with Crippen molar-refractivity contribution >= 4 is 56.8 Å². The van der Waals surface area contributed by atoms with Crippen molar-refractivity contribution in [2.75, 3.05) is 9.80 Å². The molecule has 0 saturated heterocycles. The molecule has 0 fully saturated rings. The number of rotatable bonds is 15. The van der Waals surface area contributed by atoms with Gasteiger partial charge in [0.25, 0.3) is 0 Å². The minimum absolute atomic E-state index is 1.08. The lowest BCUT2D eigenvalue weighted by Gasteiger charge is -2.26. The first-order chi connectivity index (χ1) is 41.7. The quantitative estimate of drug-likeness (QED) is 0.101. The number of anilines is 6. The van der Waals surface area contributed by atoms with Crippen molar-refractivity contribution in [2.45, 2.75) is 0 Å². The van der Waals surface area contributed by atoms with Crippen molar-refractivity contribution in [3.63, 3.8) is 0 Å². The molecule has 2 nitrogen and oxygen atoms in total. The van der Waals surface area contributed by atoms with E-state index in [0.29, 0.717) is 0 Å². The third-order valence-corrected chi connectivity index (χ3v) is 18.1. The van der Waals surface area contributed by atoms with Gasteiger partial charge in [-0.3, -0.25) is 0 Å². The Balaban J connectivity index is 0.780. The van der Waals surface area contributed by atoms with Crippen LogP contribution < -0.4 is 9.80 Å². The summed E-state index contributed by atoms with van der Waals surface area (Å²) in [7, 11) is 0. The second-order valence-corrected chi connectivity index (χ2v) is 22.8. The van der Waals surface area contributed by atoms with Crippen LogP contribution in [0, 0.1) is 0 Å². The van der Waals surface area contributed by atoms with Crippen LogP contribution in [0.15, 0.2) is 340 Å². The zero-order valence-electron chi connectivity index (χ0n) is 46.0. The maximum Gasteiger partial charge on any atom is 0.0462 e. The lowest BCUT2D eigenvalue weighted by molar-refractivity contribution is 1.28. The van der Waals surface area contributed by atoms with Crippen LogP contribution in [-0.4, -0.2) is 0 Å². The van der Waals surface area contributed by atoms with Crippen LogP contribution in [0.25, 0.3) is 97.4 Å². The molecule has 0 radical (unpaired) electrons. The summed E-state index contributed by atoms with van der Waals surface area (Å²) in [5.41, 5.74) is 23.5. The summed E-state index contributed by atoms with van der Waals surface area (Å²) in [5.74, 6) is 0. The Kier molecular flexibility index (Phi) is 14.6. The van der Waals surface area contributed by atoms with Gasteiger partial charge in [-0.1, -0.05) is 267 Å². The highest BCUT2D eigenvalue weighted by Crippen LogP contribution is 2.54. The van der Waals surface area contributed by atoms with Crippen molar-refractivity contribution in [3.8, 4) is 97.4 Å². The zero-order valence-corrected chi connectivity index (χ0v) is 47.7. The molecule has 0 saturated carbocycles. The van der Waals surface area contributed by atoms with Crippen molar-refractivity contribution in [2.24, 2.45) is 0 Å². The number of benzene rings is 12. The lowest BCUT2D eigenvalue weighted by Crippen LogP contribution is -2.10. The molecule has 84 heavy (non-hydrogen) atoms. The largest absolute Gasteiger partial charge is 0.311 e. The van der Waals surface area contributed by atoms with E-state index in [1.165, 1.54) is 86.3 Å². The summed E-state index contributed by atoms with van der Waals surface area (Å²) in [6, 6.07) is 123. The van der Waals surface area contributed by atoms with Gasteiger partial charge in [0.2, 0.25) is 0 Å². The molecule has 0 aliphatic heterocycles. The van der Waals surface area contributed by atoms with E-state index in [0.717, 1.165) is 45.3 Å². The normalized spacial score (nSPS) is 11.1. The van der Waals surface area contributed by atoms with Gasteiger partial charge in [-0.05, 0) is 128 Å². The third kappa shape index (κ3) is 10.4. The molecule has 0 atom stereocenters. The highest BCUT2D eigenvalue weighted by Gasteiger charge is 2.26. The number of hydrogen-bond acceptors (Lipinski definition) is 4. The first-order valence-electron chi connectivity index (χ1n) is 28.5. The van der Waals surface area contributed by atoms with Crippen molar-refractivity contribution in [1.29, 1.82) is 0 Å². The van der Waals surface area contributed by atoms with Gasteiger partial charge < -0.3 is 9.80 Å². The van der Waals surface area contributed by atoms with E-state index in [1.807, 2.05) is 22.7 Å². The molecule has 0 unspecified atom stereocenters. The van der Waals surface area contributed by atoms with Gasteiger partial charge in [0.05, 0.1) is 0 Å². The molecule has 0 spiro atoms. The standard InChI is InChI=1S/C80H56N2S2/c1-9-25-59(26-10-1)73-75(61-29-13-3-14-30-61)79(83-77(73)63-33-17-5-18-34-63)65-45-53-71(54-46-65)81(67-37-21-7-22-38-67)69-49-41-57(42-50-69)58-43-51-70(52-44-58)82(68-39-23-8-24-40-68)72-55-47-66(48-56-72)80-76(62-31-15-4-16-32-62)74(60-27-11-2-12-28-60)78(84-80)64-35-19-6-20-36-64/h1-56H. The van der Waals surface area contributed by atoms with E-state index in [4.69, 9.17) is 0 Å². The van der Waals surface area contributed by atoms with E-state index < -0.39 is 0 Å². The van der Waals surface area contributed by atoms with Crippen LogP contribution in [0.3, 0.4) is 0 Å². The molecule has 0 bridgehead atoms. The molecule has 0 aliphatic rings. The minimum atomic E-state index is 1.08. The average molecular weight is 1110 g/mol. The summed E-state index contributed by atoms with van der Waals surface area (Å²) >= 11 is 3.74. The molecule has 0 aliphatic carbocycles. The first-order valence-corrected chi connectivity index (χ1v) is 30.1.